The minimum absolute atomic E-state index is 0.0660. The van der Waals surface area contributed by atoms with Crippen molar-refractivity contribution < 1.29 is 42.0 Å². The fourth-order valence-corrected chi connectivity index (χ4v) is 15.6. The average Bonchev–Trinajstić information content (AvgIpc) is 3.62. The lowest BCUT2D eigenvalue weighted by atomic mass is 9.98. The number of urea groups is 1. The second-order valence-corrected chi connectivity index (χ2v) is 22.7. The Morgan fingerprint density at radius 3 is 1.25 bits per heavy atom. The largest absolute Gasteiger partial charge is 0.759 e. The zero-order valence-electron chi connectivity index (χ0n) is 38.3. The summed E-state index contributed by atoms with van der Waals surface area (Å²) in [4.78, 5) is 40.1. The maximum absolute atomic E-state index is 11.7. The number of hydrogen-bond donors (Lipinski definition) is 3. The lowest BCUT2D eigenvalue weighted by molar-refractivity contribution is -0.125. The van der Waals surface area contributed by atoms with Crippen molar-refractivity contribution in [3.63, 3.8) is 0 Å². The van der Waals surface area contributed by atoms with Crippen molar-refractivity contribution >= 4 is 80.3 Å². The Bertz CT molecular complexity index is 2440. The molecule has 4 amide bonds. The van der Waals surface area contributed by atoms with E-state index in [4.69, 9.17) is 28.1 Å². The van der Waals surface area contributed by atoms with Gasteiger partial charge in [0.05, 0.1) is 23.9 Å². The van der Waals surface area contributed by atoms with Gasteiger partial charge >= 0.3 is 6.03 Å². The van der Waals surface area contributed by atoms with Crippen molar-refractivity contribution in [1.82, 2.24) is 15.3 Å². The monoisotopic (exact) mass is 987 g/mol. The Labute approximate surface area is 405 Å². The summed E-state index contributed by atoms with van der Waals surface area (Å²) in [5.41, 5.74) is 5.52. The lowest BCUT2D eigenvalue weighted by Crippen LogP contribution is -2.51. The van der Waals surface area contributed by atoms with Crippen molar-refractivity contribution in [2.24, 2.45) is 10.9 Å². The van der Waals surface area contributed by atoms with Gasteiger partial charge in [0.15, 0.2) is 6.61 Å². The molecule has 2 bridgehead atoms. The van der Waals surface area contributed by atoms with E-state index >= 15 is 0 Å². The molecule has 0 radical (unpaired) electrons. The molecule has 4 N–H and O–H groups in total. The van der Waals surface area contributed by atoms with Crippen LogP contribution in [-0.4, -0.2) is 88.5 Å². The molecule has 0 spiro atoms. The maximum atomic E-state index is 11.7. The summed E-state index contributed by atoms with van der Waals surface area (Å²) in [6.07, 6.45) is 4.46. The summed E-state index contributed by atoms with van der Waals surface area (Å²) in [7, 11) is -7.18. The Morgan fingerprint density at radius 1 is 0.681 bits per heavy atom. The molecule has 2 fully saturated rings. The molecule has 2 saturated heterocycles. The third kappa shape index (κ3) is 13.7. The molecule has 2 aliphatic heterocycles. The van der Waals surface area contributed by atoms with Crippen LogP contribution in [0.25, 0.3) is 0 Å². The molecule has 0 aromatic heterocycles. The van der Waals surface area contributed by atoms with E-state index in [0.29, 0.717) is 10.8 Å². The topological polar surface area (TPSA) is 218 Å². The number of piperidine rings is 1. The predicted octanol–water partition coefficient (Wildman–Crippen LogP) is 5.55. The fraction of sp³-hybridized carbons (Fsp3) is 0.154. The molecule has 8 rings (SSSR count). The highest BCUT2D eigenvalue weighted by Crippen LogP contribution is 2.57. The van der Waals surface area contributed by atoms with E-state index in [1.807, 2.05) is 0 Å². The van der Waals surface area contributed by atoms with Crippen LogP contribution < -0.4 is 42.9 Å². The highest BCUT2D eigenvalue weighted by atomic mass is 32.3. The number of nitrogens with zero attached hydrogens (tertiary/aromatic N) is 3. The number of carbonyl (C=O) groups excluding carboxylic acids is 3. The van der Waals surface area contributed by atoms with Crippen molar-refractivity contribution in [3.05, 3.63) is 206 Å². The number of benzene rings is 6. The number of nitrogens with one attached hydrogen (secondary N) is 1. The van der Waals surface area contributed by atoms with E-state index in [9.17, 15) is 19.6 Å². The highest BCUT2D eigenvalue weighted by molar-refractivity contribution is 7.98. The number of hydrogen-bond acceptors (Lipinski definition) is 10. The van der Waals surface area contributed by atoms with Crippen LogP contribution in [0.5, 0.6) is 0 Å². The summed E-state index contributed by atoms with van der Waals surface area (Å²) in [5.74, 6) is 3.76. The second-order valence-electron chi connectivity index (χ2n) is 15.3. The van der Waals surface area contributed by atoms with Gasteiger partial charge < -0.3 is 29.9 Å². The standard InChI is InChI=1S/2C21H20P.C10H15N5O5.H2O4S/c2*1-2-18-22(19-12-6-3-7-13-19,20-14-8-4-9-15-20)21-16-10-5-11-17-21;1-12-8(16)4-20-13-5-2-6(9(11)17)14-3-7(5)15(19)10(14)18;1-5(2,3)4/h2*2-18H,1H3;6-7,19H,2-4H2,1H3,(H2,11,17)(H,12,16);(H2,1,2,3,4)/q2*+1;;/p-2/t;;6-,7-;/m..0./s1. The van der Waals surface area contributed by atoms with Crippen molar-refractivity contribution in [2.45, 2.75) is 32.4 Å². The Kier molecular flexibility index (Phi) is 19.6. The van der Waals surface area contributed by atoms with Crippen LogP contribution in [0.1, 0.15) is 20.3 Å². The number of amides is 4. The highest BCUT2D eigenvalue weighted by Gasteiger charge is 2.50. The van der Waals surface area contributed by atoms with Gasteiger partial charge in [-0.25, -0.2) is 4.79 Å². The zero-order chi connectivity index (χ0) is 49.9. The van der Waals surface area contributed by atoms with E-state index in [-0.39, 0.29) is 25.5 Å². The molecular weight excluding hydrogens is 933 g/mol. The van der Waals surface area contributed by atoms with Gasteiger partial charge in [0, 0.05) is 23.9 Å². The van der Waals surface area contributed by atoms with Crippen LogP contribution in [0.3, 0.4) is 0 Å². The summed E-state index contributed by atoms with van der Waals surface area (Å²) < 4.78 is 34.1. The number of likely N-dealkylation sites (N-methyl/N-ethyl adjacent to an activating group) is 1. The number of primary amides is 1. The normalized spacial score (nSPS) is 16.1. The van der Waals surface area contributed by atoms with Gasteiger partial charge in [-0.15, -0.1) is 0 Å². The first-order valence-electron chi connectivity index (χ1n) is 21.7. The minimum atomic E-state index is -5.17. The molecule has 0 aliphatic carbocycles. The van der Waals surface area contributed by atoms with Crippen molar-refractivity contribution in [3.8, 4) is 0 Å². The summed E-state index contributed by atoms with van der Waals surface area (Å²) in [6.45, 7) is 4.04. The van der Waals surface area contributed by atoms with Gasteiger partial charge in [0.25, 0.3) is 5.91 Å². The number of carbonyl (C=O) groups is 3. The third-order valence-electron chi connectivity index (χ3n) is 11.0. The summed E-state index contributed by atoms with van der Waals surface area (Å²) in [6, 6.07) is 63.0. The van der Waals surface area contributed by atoms with Gasteiger partial charge in [0.2, 0.25) is 5.91 Å². The Hall–Kier alpha value is -6.83. The molecule has 2 atom stereocenters. The van der Waals surface area contributed by atoms with Gasteiger partial charge in [-0.1, -0.05) is 127 Å². The first-order chi connectivity index (χ1) is 33.2. The maximum Gasteiger partial charge on any atom is 0.345 e. The molecule has 6 aromatic carbocycles. The van der Waals surface area contributed by atoms with Crippen LogP contribution >= 0.6 is 14.5 Å². The quantitative estimate of drug-likeness (QED) is 0.0460. The van der Waals surface area contributed by atoms with Crippen LogP contribution in [0.2, 0.25) is 0 Å². The first kappa shape index (κ1) is 53.1. The summed E-state index contributed by atoms with van der Waals surface area (Å²) >= 11 is 0. The van der Waals surface area contributed by atoms with Gasteiger partial charge in [-0.3, -0.25) is 23.2 Å². The fourth-order valence-electron chi connectivity index (χ4n) is 7.99. The molecule has 69 heavy (non-hydrogen) atoms. The zero-order valence-corrected chi connectivity index (χ0v) is 40.9. The van der Waals surface area contributed by atoms with E-state index < -0.39 is 48.9 Å². The Morgan fingerprint density at radius 2 is 0.986 bits per heavy atom. The molecular formula is C52H55N5O9P2S. The number of allylic oxidation sites excluding steroid dienone is 2. The number of fused-ring (bicyclic) bond motifs is 2. The van der Waals surface area contributed by atoms with Crippen LogP contribution in [-0.2, 0) is 24.8 Å². The Balaban J connectivity index is 0.000000184. The molecule has 2 aliphatic rings. The smallest absolute Gasteiger partial charge is 0.345 e. The molecule has 6 aromatic rings. The van der Waals surface area contributed by atoms with E-state index in [1.54, 1.807) is 0 Å². The van der Waals surface area contributed by atoms with Crippen LogP contribution in [0.4, 0.5) is 4.79 Å². The minimum Gasteiger partial charge on any atom is -0.759 e. The van der Waals surface area contributed by atoms with E-state index in [2.05, 4.69) is 230 Å². The van der Waals surface area contributed by atoms with E-state index in [0.717, 1.165) is 0 Å². The van der Waals surface area contributed by atoms with E-state index in [1.165, 1.54) is 43.8 Å². The van der Waals surface area contributed by atoms with Crippen LogP contribution in [0, 0.1) is 0 Å². The lowest BCUT2D eigenvalue weighted by Gasteiger charge is -2.28. The predicted molar refractivity (Wildman–Crippen MR) is 275 cm³/mol. The first-order valence-corrected chi connectivity index (χ1v) is 26.8. The number of oxime groups is 1. The molecule has 14 nitrogen and oxygen atoms in total. The second kappa shape index (κ2) is 25.5. The van der Waals surface area contributed by atoms with Gasteiger partial charge in [0.1, 0.15) is 58.4 Å². The molecule has 0 unspecified atom stereocenters. The van der Waals surface area contributed by atoms with Crippen molar-refractivity contribution in [2.75, 3.05) is 20.2 Å². The average molecular weight is 988 g/mol. The number of hydroxylamine groups is 2. The van der Waals surface area contributed by atoms with Gasteiger partial charge in [-0.05, 0) is 86.6 Å². The SMILES string of the molecule is CC=C[P+](c1ccccc1)(c1ccccc1)c1ccccc1.CC=C[P+](c1ccccc1)(c1ccccc1)c1ccccc1.CNC(=O)CON=C1C[C@@H](C(N)=O)N2C[C@@H]1N(O)C2=O.O=S(=O)([O-])[O-]. The van der Waals surface area contributed by atoms with Gasteiger partial charge in [-0.2, -0.15) is 5.06 Å². The molecule has 17 heteroatoms. The third-order valence-corrected chi connectivity index (χ3v) is 19.1. The van der Waals surface area contributed by atoms with Crippen LogP contribution in [0.15, 0.2) is 211 Å². The molecule has 0 saturated carbocycles. The number of rotatable bonds is 12. The number of nitrogens with two attached hydrogens (primary N) is 1. The molecule has 358 valence electrons. The molecule has 2 heterocycles. The summed E-state index contributed by atoms with van der Waals surface area (Å²) in [5, 5.41) is 24.6. The van der Waals surface area contributed by atoms with Crippen molar-refractivity contribution in [1.29, 1.82) is 0 Å².